The second-order valence-corrected chi connectivity index (χ2v) is 6.54. The minimum Gasteiger partial charge on any atom is -0.387 e. The Balaban J connectivity index is 2.20. The van der Waals surface area contributed by atoms with E-state index in [1.165, 1.54) is 0 Å². The van der Waals surface area contributed by atoms with Crippen molar-refractivity contribution in [3.8, 4) is 0 Å². The first-order valence-corrected chi connectivity index (χ1v) is 7.49. The van der Waals surface area contributed by atoms with Gasteiger partial charge in [-0.05, 0) is 6.07 Å². The maximum absolute atomic E-state index is 11.0. The molecule has 0 saturated carbocycles. The predicted molar refractivity (Wildman–Crippen MR) is 78.9 cm³/mol. The molecule has 2 aliphatic rings. The Morgan fingerprint density at radius 1 is 1.38 bits per heavy atom. The number of benzene rings is 1. The summed E-state index contributed by atoms with van der Waals surface area (Å²) >= 11 is 9.04. The van der Waals surface area contributed by atoms with Crippen LogP contribution in [0.3, 0.4) is 0 Å². The molecule has 0 aromatic heterocycles. The van der Waals surface area contributed by atoms with Gasteiger partial charge in [-0.1, -0.05) is 45.7 Å². The van der Waals surface area contributed by atoms with Gasteiger partial charge in [-0.3, -0.25) is 4.99 Å². The standard InChI is InChI=1S/C13H13BrClNO5/c14-10(18)13(15)12(20,9(17)5-21-13)11(19)6-16-8-4-2-1-3-7(8)11/h1-4,6,9-10,17-20H,5H2/t9-,10?,11?,12+,13+/m0/s1. The molecule has 2 aliphatic heterocycles. The van der Waals surface area contributed by atoms with Gasteiger partial charge in [0.2, 0.25) is 5.06 Å². The highest BCUT2D eigenvalue weighted by Crippen LogP contribution is 2.55. The molecule has 3 rings (SSSR count). The van der Waals surface area contributed by atoms with Crippen LogP contribution in [-0.2, 0) is 10.3 Å². The normalized spacial score (nSPS) is 43.0. The molecule has 1 aromatic carbocycles. The molecule has 21 heavy (non-hydrogen) atoms. The molecule has 6 nitrogen and oxygen atoms in total. The summed E-state index contributed by atoms with van der Waals surface area (Å²) < 4.78 is 5.17. The van der Waals surface area contributed by atoms with Gasteiger partial charge in [-0.15, -0.1) is 0 Å². The SMILES string of the molecule is OC(Br)[C@@]1(Cl)OC[C@H](O)[C@@]1(O)C1(O)C=Nc2ccccc21. The predicted octanol–water partition coefficient (Wildman–Crippen LogP) is 0.361. The number of hydrogen-bond donors (Lipinski definition) is 4. The Hall–Kier alpha value is -0.540. The largest absolute Gasteiger partial charge is 0.387 e. The Labute approximate surface area is 133 Å². The highest BCUT2D eigenvalue weighted by molar-refractivity contribution is 9.09. The minimum atomic E-state index is -2.40. The van der Waals surface area contributed by atoms with Crippen LogP contribution in [0.15, 0.2) is 29.3 Å². The summed E-state index contributed by atoms with van der Waals surface area (Å²) in [5, 5.41) is 38.3. The highest BCUT2D eigenvalue weighted by atomic mass is 79.9. The summed E-state index contributed by atoms with van der Waals surface area (Å²) in [5.41, 5.74) is -3.79. The average molecular weight is 379 g/mol. The summed E-state index contributed by atoms with van der Waals surface area (Å²) in [6, 6.07) is 6.59. The lowest BCUT2D eigenvalue weighted by atomic mass is 9.73. The van der Waals surface area contributed by atoms with E-state index in [1.54, 1.807) is 24.3 Å². The first-order chi connectivity index (χ1) is 9.77. The van der Waals surface area contributed by atoms with E-state index < -0.39 is 27.4 Å². The Morgan fingerprint density at radius 3 is 2.71 bits per heavy atom. The van der Waals surface area contributed by atoms with E-state index in [1.807, 2.05) is 0 Å². The molecule has 114 valence electrons. The van der Waals surface area contributed by atoms with Gasteiger partial charge in [0.05, 0.1) is 12.3 Å². The smallest absolute Gasteiger partial charge is 0.212 e. The minimum absolute atomic E-state index is 0.273. The van der Waals surface area contributed by atoms with Crippen molar-refractivity contribution in [3.63, 3.8) is 0 Å². The molecule has 0 amide bonds. The zero-order valence-corrected chi connectivity index (χ0v) is 13.0. The third-order valence-corrected chi connectivity index (χ3v) is 5.56. The molecular weight excluding hydrogens is 366 g/mol. The second kappa shape index (κ2) is 4.73. The third-order valence-electron chi connectivity index (χ3n) is 4.05. The first-order valence-electron chi connectivity index (χ1n) is 6.20. The number of hydrogen-bond acceptors (Lipinski definition) is 6. The molecule has 1 saturated heterocycles. The molecule has 2 unspecified atom stereocenters. The molecule has 0 aliphatic carbocycles. The van der Waals surface area contributed by atoms with Crippen molar-refractivity contribution in [2.75, 3.05) is 6.61 Å². The van der Waals surface area contributed by atoms with Crippen LogP contribution in [-0.4, -0.2) is 55.0 Å². The number of halogens is 2. The monoisotopic (exact) mass is 377 g/mol. The molecule has 0 spiro atoms. The van der Waals surface area contributed by atoms with Crippen LogP contribution in [0, 0.1) is 0 Å². The zero-order chi connectivity index (χ0) is 15.5. The summed E-state index contributed by atoms with van der Waals surface area (Å²) in [6.45, 7) is -0.346. The summed E-state index contributed by atoms with van der Waals surface area (Å²) in [5.74, 6) is 0. The highest BCUT2D eigenvalue weighted by Gasteiger charge is 2.73. The van der Waals surface area contributed by atoms with E-state index >= 15 is 0 Å². The van der Waals surface area contributed by atoms with Crippen molar-refractivity contribution in [2.45, 2.75) is 27.4 Å². The van der Waals surface area contributed by atoms with E-state index in [9.17, 15) is 20.4 Å². The molecule has 2 heterocycles. The summed E-state index contributed by atoms with van der Waals surface area (Å²) in [4.78, 5) is 4.04. The summed E-state index contributed by atoms with van der Waals surface area (Å²) in [7, 11) is 0. The molecule has 1 fully saturated rings. The van der Waals surface area contributed by atoms with Crippen molar-refractivity contribution in [3.05, 3.63) is 29.8 Å². The van der Waals surface area contributed by atoms with Crippen molar-refractivity contribution < 1.29 is 25.2 Å². The number of para-hydroxylation sites is 1. The first kappa shape index (κ1) is 15.4. The van der Waals surface area contributed by atoms with E-state index in [0.29, 0.717) is 5.69 Å². The lowest BCUT2D eigenvalue weighted by Gasteiger charge is -2.46. The van der Waals surface area contributed by atoms with E-state index in [4.69, 9.17) is 16.3 Å². The van der Waals surface area contributed by atoms with E-state index in [-0.39, 0.29) is 12.2 Å². The van der Waals surface area contributed by atoms with Gasteiger partial charge in [-0.25, -0.2) is 0 Å². The van der Waals surface area contributed by atoms with Crippen LogP contribution in [0.25, 0.3) is 0 Å². The zero-order valence-electron chi connectivity index (χ0n) is 10.6. The Morgan fingerprint density at radius 2 is 2.05 bits per heavy atom. The maximum Gasteiger partial charge on any atom is 0.212 e. The van der Waals surface area contributed by atoms with Gasteiger partial charge in [0.1, 0.15) is 6.10 Å². The van der Waals surface area contributed by atoms with Crippen LogP contribution in [0.5, 0.6) is 0 Å². The number of ether oxygens (including phenoxy) is 1. The van der Waals surface area contributed by atoms with Gasteiger partial charge in [0.25, 0.3) is 0 Å². The van der Waals surface area contributed by atoms with Gasteiger partial charge in [0.15, 0.2) is 16.2 Å². The third kappa shape index (κ3) is 1.74. The fraction of sp³-hybridized carbons (Fsp3) is 0.462. The van der Waals surface area contributed by atoms with Crippen molar-refractivity contribution in [1.29, 1.82) is 0 Å². The van der Waals surface area contributed by atoms with Crippen LogP contribution in [0.1, 0.15) is 5.56 Å². The maximum atomic E-state index is 11.0. The molecular formula is C13H13BrClNO5. The van der Waals surface area contributed by atoms with Crippen LogP contribution < -0.4 is 0 Å². The van der Waals surface area contributed by atoms with Crippen molar-refractivity contribution >= 4 is 39.4 Å². The van der Waals surface area contributed by atoms with E-state index in [2.05, 4.69) is 20.9 Å². The number of nitrogens with zero attached hydrogens (tertiary/aromatic N) is 1. The molecule has 1 aromatic rings. The van der Waals surface area contributed by atoms with Crippen LogP contribution >= 0.6 is 27.5 Å². The topological polar surface area (TPSA) is 103 Å². The molecule has 0 bridgehead atoms. The summed E-state index contributed by atoms with van der Waals surface area (Å²) in [6.07, 6.45) is -0.424. The number of aliphatic hydroxyl groups is 4. The number of alkyl halides is 2. The molecule has 4 N–H and O–H groups in total. The van der Waals surface area contributed by atoms with Crippen molar-refractivity contribution in [2.24, 2.45) is 4.99 Å². The average Bonchev–Trinajstić information content (AvgIpc) is 2.93. The molecule has 8 heteroatoms. The lowest BCUT2D eigenvalue weighted by Crippen LogP contribution is -2.69. The number of rotatable bonds is 2. The number of aliphatic imine (C=N–C) groups is 1. The van der Waals surface area contributed by atoms with Gasteiger partial charge in [0, 0.05) is 11.8 Å². The fourth-order valence-electron chi connectivity index (χ4n) is 2.87. The number of fused-ring (bicyclic) bond motifs is 1. The van der Waals surface area contributed by atoms with Gasteiger partial charge >= 0.3 is 0 Å². The Bertz CT molecular complexity index is 614. The van der Waals surface area contributed by atoms with Crippen LogP contribution in [0.4, 0.5) is 5.69 Å². The van der Waals surface area contributed by atoms with Gasteiger partial charge in [-0.2, -0.15) is 0 Å². The van der Waals surface area contributed by atoms with Crippen molar-refractivity contribution in [1.82, 2.24) is 0 Å². The van der Waals surface area contributed by atoms with E-state index in [0.717, 1.165) is 6.21 Å². The second-order valence-electron chi connectivity index (χ2n) is 5.12. The lowest BCUT2D eigenvalue weighted by molar-refractivity contribution is -0.202. The fourth-order valence-corrected chi connectivity index (χ4v) is 3.68. The van der Waals surface area contributed by atoms with Crippen LogP contribution in [0.2, 0.25) is 0 Å². The number of aliphatic hydroxyl groups excluding tert-OH is 2. The Kier molecular flexibility index (Phi) is 3.46. The quantitative estimate of drug-likeness (QED) is 0.557. The molecule has 0 radical (unpaired) electrons. The molecule has 5 atom stereocenters. The van der Waals surface area contributed by atoms with Gasteiger partial charge < -0.3 is 25.2 Å².